The van der Waals surface area contributed by atoms with Crippen molar-refractivity contribution in [3.05, 3.63) is 47.8 Å². The summed E-state index contributed by atoms with van der Waals surface area (Å²) in [4.78, 5) is 0.164. The van der Waals surface area contributed by atoms with Crippen LogP contribution in [0.1, 0.15) is 17.2 Å². The highest BCUT2D eigenvalue weighted by Crippen LogP contribution is 2.34. The summed E-state index contributed by atoms with van der Waals surface area (Å²) in [6.07, 6.45) is 3.57. The third-order valence-corrected chi connectivity index (χ3v) is 6.69. The van der Waals surface area contributed by atoms with Crippen molar-refractivity contribution in [2.24, 2.45) is 7.05 Å². The highest BCUT2D eigenvalue weighted by Gasteiger charge is 2.35. The number of aromatic nitrogens is 2. The average molecular weight is 348 g/mol. The van der Waals surface area contributed by atoms with Crippen molar-refractivity contribution >= 4 is 21.8 Å². The summed E-state index contributed by atoms with van der Waals surface area (Å²) in [6, 6.07) is 7.92. The molecular weight excluding hydrogens is 332 g/mol. The Morgan fingerprint density at radius 3 is 2.96 bits per heavy atom. The van der Waals surface area contributed by atoms with E-state index in [0.717, 1.165) is 11.3 Å². The van der Waals surface area contributed by atoms with E-state index in [1.165, 1.54) is 16.4 Å². The molecule has 120 valence electrons. The molecule has 2 heterocycles. The maximum absolute atomic E-state index is 13.0. The average Bonchev–Trinajstić information content (AvgIpc) is 3.01. The van der Waals surface area contributed by atoms with Crippen LogP contribution in [0.5, 0.6) is 0 Å². The molecule has 0 N–H and O–H groups in total. The molecule has 0 aliphatic carbocycles. The van der Waals surface area contributed by atoms with E-state index in [1.54, 1.807) is 34.8 Å². The van der Waals surface area contributed by atoms with Crippen LogP contribution in [0.25, 0.3) is 0 Å². The molecule has 1 fully saturated rings. The normalized spacial score (nSPS) is 19.4. The van der Waals surface area contributed by atoms with E-state index in [0.29, 0.717) is 17.9 Å². The van der Waals surface area contributed by atoms with Gasteiger partial charge in [-0.3, -0.25) is 4.68 Å². The van der Waals surface area contributed by atoms with Crippen LogP contribution in [0.2, 0.25) is 0 Å². The van der Waals surface area contributed by atoms with Gasteiger partial charge in [0, 0.05) is 36.9 Å². The summed E-state index contributed by atoms with van der Waals surface area (Å²) in [5.74, 6) is 1.46. The fourth-order valence-corrected chi connectivity index (χ4v) is 5.57. The molecular formula is C15H16N4O2S2. The van der Waals surface area contributed by atoms with Crippen LogP contribution >= 0.6 is 11.8 Å². The van der Waals surface area contributed by atoms with Gasteiger partial charge in [-0.1, -0.05) is 6.07 Å². The van der Waals surface area contributed by atoms with Crippen molar-refractivity contribution in [1.82, 2.24) is 14.1 Å². The molecule has 0 amide bonds. The minimum absolute atomic E-state index is 0.164. The van der Waals surface area contributed by atoms with Crippen LogP contribution in [0.15, 0.2) is 41.6 Å². The van der Waals surface area contributed by atoms with E-state index >= 15 is 0 Å². The lowest BCUT2D eigenvalue weighted by atomic mass is 10.2. The summed E-state index contributed by atoms with van der Waals surface area (Å²) < 4.78 is 29.3. The molecule has 1 aromatic heterocycles. The third-order valence-electron chi connectivity index (χ3n) is 3.76. The van der Waals surface area contributed by atoms with Crippen molar-refractivity contribution < 1.29 is 8.42 Å². The van der Waals surface area contributed by atoms with Gasteiger partial charge < -0.3 is 0 Å². The first-order valence-corrected chi connectivity index (χ1v) is 9.70. The van der Waals surface area contributed by atoms with Gasteiger partial charge in [0.05, 0.1) is 28.8 Å². The topological polar surface area (TPSA) is 79.0 Å². The fraction of sp³-hybridized carbons (Fsp3) is 0.333. The lowest BCUT2D eigenvalue weighted by Gasteiger charge is -2.33. The minimum atomic E-state index is -3.65. The molecule has 1 saturated heterocycles. The van der Waals surface area contributed by atoms with E-state index in [1.807, 2.05) is 19.3 Å². The van der Waals surface area contributed by atoms with Crippen LogP contribution in [-0.2, 0) is 17.1 Å². The molecule has 0 unspecified atom stereocenters. The standard InChI is InChI=1S/C15H16N4O2S2/c1-18-10-13(9-17-18)15-11-22-6-5-19(15)23(20,21)14-4-2-3-12(7-14)8-16/h2-4,7,9-10,15H,5-6,11H2,1H3/t15-/m0/s1. The Morgan fingerprint density at radius 2 is 2.26 bits per heavy atom. The maximum atomic E-state index is 13.0. The zero-order valence-electron chi connectivity index (χ0n) is 12.6. The smallest absolute Gasteiger partial charge is 0.243 e. The molecule has 0 bridgehead atoms. The second-order valence-corrected chi connectivity index (χ2v) is 8.33. The van der Waals surface area contributed by atoms with Crippen LogP contribution in [0, 0.1) is 11.3 Å². The van der Waals surface area contributed by atoms with Gasteiger partial charge in [0.2, 0.25) is 10.0 Å². The summed E-state index contributed by atoms with van der Waals surface area (Å²) >= 11 is 1.73. The second-order valence-electron chi connectivity index (χ2n) is 5.29. The zero-order valence-corrected chi connectivity index (χ0v) is 14.2. The van der Waals surface area contributed by atoms with Gasteiger partial charge in [-0.2, -0.15) is 26.4 Å². The minimum Gasteiger partial charge on any atom is -0.275 e. The molecule has 23 heavy (non-hydrogen) atoms. The Bertz CT molecular complexity index is 854. The Hall–Kier alpha value is -1.82. The molecule has 6 nitrogen and oxygen atoms in total. The van der Waals surface area contributed by atoms with Crippen molar-refractivity contribution in [1.29, 1.82) is 5.26 Å². The first kappa shape index (κ1) is 16.1. The van der Waals surface area contributed by atoms with E-state index in [2.05, 4.69) is 5.10 Å². The number of hydrogen-bond donors (Lipinski definition) is 0. The van der Waals surface area contributed by atoms with Crippen molar-refractivity contribution in [2.75, 3.05) is 18.1 Å². The van der Waals surface area contributed by atoms with E-state index in [-0.39, 0.29) is 10.9 Å². The first-order valence-electron chi connectivity index (χ1n) is 7.10. The predicted molar refractivity (Wildman–Crippen MR) is 88.3 cm³/mol. The molecule has 1 aliphatic heterocycles. The molecule has 1 atom stereocenters. The lowest BCUT2D eigenvalue weighted by Crippen LogP contribution is -2.40. The maximum Gasteiger partial charge on any atom is 0.243 e. The predicted octanol–water partition coefficient (Wildman–Crippen LogP) is 1.77. The number of sulfonamides is 1. The Morgan fingerprint density at radius 1 is 1.43 bits per heavy atom. The van der Waals surface area contributed by atoms with Gasteiger partial charge in [0.1, 0.15) is 0 Å². The number of aryl methyl sites for hydroxylation is 1. The fourth-order valence-electron chi connectivity index (χ4n) is 2.61. The first-order chi connectivity index (χ1) is 11.0. The second kappa shape index (κ2) is 6.35. The summed E-state index contributed by atoms with van der Waals surface area (Å²) in [5, 5.41) is 13.1. The SMILES string of the molecule is Cn1cc([C@@H]2CSCCN2S(=O)(=O)c2cccc(C#N)c2)cn1. The monoisotopic (exact) mass is 348 g/mol. The molecule has 0 saturated carbocycles. The zero-order chi connectivity index (χ0) is 16.4. The summed E-state index contributed by atoms with van der Waals surface area (Å²) in [7, 11) is -1.84. The summed E-state index contributed by atoms with van der Waals surface area (Å²) in [5.41, 5.74) is 1.23. The number of thioether (sulfide) groups is 1. The molecule has 0 spiro atoms. The van der Waals surface area contributed by atoms with Crippen LogP contribution in [-0.4, -0.2) is 40.6 Å². The quantitative estimate of drug-likeness (QED) is 0.845. The van der Waals surface area contributed by atoms with Gasteiger partial charge in [0.15, 0.2) is 0 Å². The number of nitriles is 1. The van der Waals surface area contributed by atoms with Gasteiger partial charge in [-0.25, -0.2) is 8.42 Å². The van der Waals surface area contributed by atoms with E-state index < -0.39 is 10.0 Å². The summed E-state index contributed by atoms with van der Waals surface area (Å²) in [6.45, 7) is 0.448. The largest absolute Gasteiger partial charge is 0.275 e. The van der Waals surface area contributed by atoms with Crippen molar-refractivity contribution in [2.45, 2.75) is 10.9 Å². The van der Waals surface area contributed by atoms with Gasteiger partial charge in [-0.15, -0.1) is 0 Å². The van der Waals surface area contributed by atoms with Gasteiger partial charge in [-0.05, 0) is 18.2 Å². The van der Waals surface area contributed by atoms with Gasteiger partial charge in [0.25, 0.3) is 0 Å². The molecule has 1 aliphatic rings. The highest BCUT2D eigenvalue weighted by atomic mass is 32.2. The van der Waals surface area contributed by atoms with Crippen LogP contribution < -0.4 is 0 Å². The molecule has 2 aromatic rings. The Balaban J connectivity index is 2.00. The Kier molecular flexibility index (Phi) is 4.43. The van der Waals surface area contributed by atoms with Gasteiger partial charge >= 0.3 is 0 Å². The number of rotatable bonds is 3. The molecule has 0 radical (unpaired) electrons. The number of hydrogen-bond acceptors (Lipinski definition) is 5. The highest BCUT2D eigenvalue weighted by molar-refractivity contribution is 7.99. The van der Waals surface area contributed by atoms with Crippen molar-refractivity contribution in [3.8, 4) is 6.07 Å². The molecule has 3 rings (SSSR count). The Labute approximate surface area is 139 Å². The van der Waals surface area contributed by atoms with Crippen LogP contribution in [0.3, 0.4) is 0 Å². The molecule has 1 aromatic carbocycles. The number of benzene rings is 1. The van der Waals surface area contributed by atoms with Crippen molar-refractivity contribution in [3.63, 3.8) is 0 Å². The lowest BCUT2D eigenvalue weighted by molar-refractivity contribution is 0.355. The molecule has 8 heteroatoms. The third kappa shape index (κ3) is 3.13. The number of nitrogens with zero attached hydrogens (tertiary/aromatic N) is 4. The van der Waals surface area contributed by atoms with E-state index in [9.17, 15) is 8.42 Å². The van der Waals surface area contributed by atoms with Crippen LogP contribution in [0.4, 0.5) is 0 Å². The van der Waals surface area contributed by atoms with E-state index in [4.69, 9.17) is 5.26 Å².